The van der Waals surface area contributed by atoms with E-state index in [9.17, 15) is 9.59 Å². The zero-order valence-electron chi connectivity index (χ0n) is 10.7. The maximum Gasteiger partial charge on any atom is 0.341 e. The number of aryl methyl sites for hydroxylation is 1. The van der Waals surface area contributed by atoms with Gasteiger partial charge >= 0.3 is 5.97 Å². The predicted octanol–water partition coefficient (Wildman–Crippen LogP) is 1.14. The van der Waals surface area contributed by atoms with Crippen LogP contribution in [0.2, 0.25) is 0 Å². The molecule has 104 valence electrons. The first-order valence-electron chi connectivity index (χ1n) is 5.80. The van der Waals surface area contributed by atoms with Gasteiger partial charge < -0.3 is 15.2 Å². The molecule has 20 heavy (non-hydrogen) atoms. The summed E-state index contributed by atoms with van der Waals surface area (Å²) < 4.78 is 6.49. The van der Waals surface area contributed by atoms with Gasteiger partial charge in [-0.05, 0) is 18.2 Å². The maximum absolute atomic E-state index is 12.0. The molecule has 0 saturated carbocycles. The lowest BCUT2D eigenvalue weighted by atomic mass is 10.3. The molecule has 0 saturated heterocycles. The molecule has 0 aliphatic rings. The average molecular weight is 275 g/mol. The van der Waals surface area contributed by atoms with E-state index in [4.69, 9.17) is 9.84 Å². The lowest BCUT2D eigenvalue weighted by Crippen LogP contribution is -2.16. The Kier molecular flexibility index (Phi) is 3.99. The summed E-state index contributed by atoms with van der Waals surface area (Å²) in [5.41, 5.74) is 0.931. The van der Waals surface area contributed by atoms with Crippen LogP contribution in [0.3, 0.4) is 0 Å². The molecule has 1 amide bonds. The van der Waals surface area contributed by atoms with E-state index in [1.165, 1.54) is 10.9 Å². The van der Waals surface area contributed by atoms with Crippen LogP contribution in [-0.4, -0.2) is 33.4 Å². The second kappa shape index (κ2) is 5.87. The highest BCUT2D eigenvalue weighted by Crippen LogP contribution is 2.18. The molecule has 0 atom stereocenters. The van der Waals surface area contributed by atoms with E-state index in [0.717, 1.165) is 0 Å². The molecule has 0 aliphatic carbocycles. The molecule has 2 aromatic rings. The first-order valence-corrected chi connectivity index (χ1v) is 5.80. The van der Waals surface area contributed by atoms with Gasteiger partial charge in [-0.15, -0.1) is 0 Å². The van der Waals surface area contributed by atoms with Gasteiger partial charge in [0.15, 0.2) is 6.61 Å². The fraction of sp³-hybridized carbons (Fsp3) is 0.154. The van der Waals surface area contributed by atoms with Gasteiger partial charge in [0.1, 0.15) is 11.4 Å². The third-order valence-corrected chi connectivity index (χ3v) is 2.51. The van der Waals surface area contributed by atoms with Crippen molar-refractivity contribution < 1.29 is 19.4 Å². The molecular formula is C13H13N3O4. The highest BCUT2D eigenvalue weighted by atomic mass is 16.5. The number of carboxylic acids is 1. The lowest BCUT2D eigenvalue weighted by molar-refractivity contribution is -0.139. The van der Waals surface area contributed by atoms with Gasteiger partial charge in [-0.3, -0.25) is 9.48 Å². The number of hydrogen-bond donors (Lipinski definition) is 2. The minimum absolute atomic E-state index is 0.305. The van der Waals surface area contributed by atoms with Crippen molar-refractivity contribution in [2.24, 2.45) is 7.05 Å². The number of carbonyl (C=O) groups is 2. The molecule has 1 aromatic carbocycles. The smallest absolute Gasteiger partial charge is 0.341 e. The Morgan fingerprint density at radius 2 is 2.20 bits per heavy atom. The van der Waals surface area contributed by atoms with E-state index in [1.807, 2.05) is 0 Å². The molecule has 0 aliphatic heterocycles. The number of nitrogens with zero attached hydrogens (tertiary/aromatic N) is 2. The van der Waals surface area contributed by atoms with Crippen molar-refractivity contribution in [1.82, 2.24) is 9.78 Å². The van der Waals surface area contributed by atoms with Crippen molar-refractivity contribution in [1.29, 1.82) is 0 Å². The van der Waals surface area contributed by atoms with Crippen LogP contribution >= 0.6 is 0 Å². The maximum atomic E-state index is 12.0. The molecule has 7 nitrogen and oxygen atoms in total. The van der Waals surface area contributed by atoms with Crippen LogP contribution < -0.4 is 10.1 Å². The first kappa shape index (κ1) is 13.6. The minimum Gasteiger partial charge on any atom is -0.482 e. The third kappa shape index (κ3) is 3.35. The number of hydrogen-bond acceptors (Lipinski definition) is 4. The van der Waals surface area contributed by atoms with Crippen molar-refractivity contribution in [3.63, 3.8) is 0 Å². The third-order valence-electron chi connectivity index (χ3n) is 2.51. The largest absolute Gasteiger partial charge is 0.482 e. The Bertz CT molecular complexity index is 636. The summed E-state index contributed by atoms with van der Waals surface area (Å²) in [6.45, 7) is -0.431. The van der Waals surface area contributed by atoms with Gasteiger partial charge in [-0.2, -0.15) is 5.10 Å². The Balaban J connectivity index is 2.06. The molecular weight excluding hydrogens is 262 g/mol. The van der Waals surface area contributed by atoms with Gasteiger partial charge in [0.25, 0.3) is 5.91 Å². The van der Waals surface area contributed by atoms with Crippen LogP contribution in [0.5, 0.6) is 5.75 Å². The van der Waals surface area contributed by atoms with E-state index in [2.05, 4.69) is 10.4 Å². The first-order chi connectivity index (χ1) is 9.56. The van der Waals surface area contributed by atoms with Crippen LogP contribution in [0, 0.1) is 0 Å². The average Bonchev–Trinajstić information content (AvgIpc) is 2.83. The van der Waals surface area contributed by atoms with Gasteiger partial charge in [-0.25, -0.2) is 4.79 Å². The fourth-order valence-electron chi connectivity index (χ4n) is 1.60. The van der Waals surface area contributed by atoms with Crippen molar-refractivity contribution >= 4 is 17.6 Å². The summed E-state index contributed by atoms with van der Waals surface area (Å²) in [7, 11) is 1.67. The summed E-state index contributed by atoms with van der Waals surface area (Å²) in [5, 5.41) is 15.1. The van der Waals surface area contributed by atoms with Crippen LogP contribution in [0.1, 0.15) is 10.5 Å². The number of aromatic nitrogens is 2. The van der Waals surface area contributed by atoms with Crippen LogP contribution in [0.25, 0.3) is 0 Å². The number of carbonyl (C=O) groups excluding carboxylic acids is 1. The Morgan fingerprint density at radius 1 is 1.40 bits per heavy atom. The standard InChI is InChI=1S/C13H13N3O4/c1-16-11(5-6-14-16)13(19)15-9-3-2-4-10(7-9)20-8-12(17)18/h2-7H,8H2,1H3,(H,15,19)(H,17,18). The van der Waals surface area contributed by atoms with Gasteiger partial charge in [0.2, 0.25) is 0 Å². The van der Waals surface area contributed by atoms with E-state index >= 15 is 0 Å². The normalized spacial score (nSPS) is 10.1. The zero-order valence-corrected chi connectivity index (χ0v) is 10.7. The van der Waals surface area contributed by atoms with Crippen LogP contribution in [0.15, 0.2) is 36.5 Å². The summed E-state index contributed by atoms with van der Waals surface area (Å²) >= 11 is 0. The monoisotopic (exact) mass is 275 g/mol. The lowest BCUT2D eigenvalue weighted by Gasteiger charge is -2.08. The van der Waals surface area contributed by atoms with Crippen LogP contribution in [0.4, 0.5) is 5.69 Å². The molecule has 2 rings (SSSR count). The number of benzene rings is 1. The minimum atomic E-state index is -1.06. The second-order valence-electron chi connectivity index (χ2n) is 4.00. The summed E-state index contributed by atoms with van der Waals surface area (Å²) in [6, 6.07) is 8.11. The van der Waals surface area contributed by atoms with Crippen molar-refractivity contribution in [2.45, 2.75) is 0 Å². The quantitative estimate of drug-likeness (QED) is 0.853. The van der Waals surface area contributed by atoms with Crippen molar-refractivity contribution in [3.8, 4) is 5.75 Å². The molecule has 2 N–H and O–H groups in total. The Hall–Kier alpha value is -2.83. The molecule has 0 unspecified atom stereocenters. The number of nitrogens with one attached hydrogen (secondary N) is 1. The van der Waals surface area contributed by atoms with E-state index in [1.54, 1.807) is 37.4 Å². The van der Waals surface area contributed by atoms with Crippen molar-refractivity contribution in [2.75, 3.05) is 11.9 Å². The number of aliphatic carboxylic acids is 1. The molecule has 1 heterocycles. The SMILES string of the molecule is Cn1nccc1C(=O)Nc1cccc(OCC(=O)O)c1. The Morgan fingerprint density at radius 3 is 2.85 bits per heavy atom. The van der Waals surface area contributed by atoms with E-state index in [-0.39, 0.29) is 5.91 Å². The molecule has 0 radical (unpaired) electrons. The molecule has 0 bridgehead atoms. The predicted molar refractivity (Wildman–Crippen MR) is 70.7 cm³/mol. The van der Waals surface area contributed by atoms with Crippen molar-refractivity contribution in [3.05, 3.63) is 42.2 Å². The Labute approximate surface area is 114 Å². The second-order valence-corrected chi connectivity index (χ2v) is 4.00. The van der Waals surface area contributed by atoms with Gasteiger partial charge in [-0.1, -0.05) is 6.07 Å². The van der Waals surface area contributed by atoms with E-state index < -0.39 is 12.6 Å². The van der Waals surface area contributed by atoms with Gasteiger partial charge in [0.05, 0.1) is 0 Å². The molecule has 0 spiro atoms. The summed E-state index contributed by atoms with van der Waals surface area (Å²) in [5.74, 6) is -0.995. The van der Waals surface area contributed by atoms with Crippen LogP contribution in [-0.2, 0) is 11.8 Å². The number of amides is 1. The topological polar surface area (TPSA) is 93.5 Å². The summed E-state index contributed by atoms with van der Waals surface area (Å²) in [4.78, 5) is 22.4. The number of rotatable bonds is 5. The number of anilines is 1. The number of carboxylic acid groups (broad SMARTS) is 1. The number of ether oxygens (including phenoxy) is 1. The molecule has 1 aromatic heterocycles. The fourth-order valence-corrected chi connectivity index (χ4v) is 1.60. The highest BCUT2D eigenvalue weighted by molar-refractivity contribution is 6.03. The molecule has 0 fully saturated rings. The summed E-state index contributed by atoms with van der Waals surface area (Å²) in [6.07, 6.45) is 1.53. The van der Waals surface area contributed by atoms with Gasteiger partial charge in [0, 0.05) is 25.0 Å². The highest BCUT2D eigenvalue weighted by Gasteiger charge is 2.10. The zero-order chi connectivity index (χ0) is 14.5. The van der Waals surface area contributed by atoms with E-state index in [0.29, 0.717) is 17.1 Å². The molecule has 7 heteroatoms.